The molecule has 150 valence electrons. The molecule has 2 fully saturated rings. The fourth-order valence-electron chi connectivity index (χ4n) is 4.76. The van der Waals surface area contributed by atoms with Crippen molar-refractivity contribution in [1.82, 2.24) is 15.1 Å². The Morgan fingerprint density at radius 2 is 1.89 bits per heavy atom. The summed E-state index contributed by atoms with van der Waals surface area (Å²) in [6.45, 7) is 1.63. The van der Waals surface area contributed by atoms with E-state index in [-0.39, 0.29) is 11.9 Å². The lowest BCUT2D eigenvalue weighted by Gasteiger charge is -2.37. The molecule has 1 aromatic carbocycles. The van der Waals surface area contributed by atoms with E-state index < -0.39 is 17.0 Å². The van der Waals surface area contributed by atoms with Crippen LogP contribution in [0.15, 0.2) is 30.5 Å². The van der Waals surface area contributed by atoms with Crippen molar-refractivity contribution in [2.45, 2.75) is 50.0 Å². The lowest BCUT2D eigenvalue weighted by molar-refractivity contribution is -0.127. The van der Waals surface area contributed by atoms with Crippen molar-refractivity contribution in [3.63, 3.8) is 0 Å². The van der Waals surface area contributed by atoms with E-state index in [0.29, 0.717) is 24.9 Å². The number of hydrogen-bond acceptors (Lipinski definition) is 3. The number of aromatic nitrogens is 2. The number of nitrogens with zero attached hydrogens (tertiary/aromatic N) is 3. The predicted octanol–water partition coefficient (Wildman–Crippen LogP) is 3.30. The smallest absolute Gasteiger partial charge is 0.230 e. The molecule has 1 atom stereocenters. The van der Waals surface area contributed by atoms with Crippen molar-refractivity contribution in [3.8, 4) is 0 Å². The molecule has 5 nitrogen and oxygen atoms in total. The zero-order valence-corrected chi connectivity index (χ0v) is 16.1. The van der Waals surface area contributed by atoms with E-state index in [2.05, 4.69) is 15.3 Å². The summed E-state index contributed by atoms with van der Waals surface area (Å²) in [6, 6.07) is 5.47. The van der Waals surface area contributed by atoms with E-state index in [1.807, 2.05) is 17.8 Å². The Labute approximate surface area is 163 Å². The van der Waals surface area contributed by atoms with Crippen LogP contribution in [0.5, 0.6) is 0 Å². The summed E-state index contributed by atoms with van der Waals surface area (Å²) in [4.78, 5) is 15.6. The Morgan fingerprint density at radius 3 is 2.54 bits per heavy atom. The Hall–Kier alpha value is -2.44. The van der Waals surface area contributed by atoms with E-state index in [0.717, 1.165) is 44.1 Å². The zero-order valence-electron chi connectivity index (χ0n) is 16.1. The van der Waals surface area contributed by atoms with E-state index in [1.54, 1.807) is 6.20 Å². The highest BCUT2D eigenvalue weighted by atomic mass is 19.1. The maximum Gasteiger partial charge on any atom is 0.230 e. The molecule has 28 heavy (non-hydrogen) atoms. The molecule has 1 aliphatic heterocycles. The van der Waals surface area contributed by atoms with Gasteiger partial charge in [-0.05, 0) is 43.4 Å². The monoisotopic (exact) mass is 388 g/mol. The minimum atomic E-state index is -0.836. The van der Waals surface area contributed by atoms with Gasteiger partial charge < -0.3 is 10.2 Å². The Balaban J connectivity index is 1.53. The van der Waals surface area contributed by atoms with Gasteiger partial charge in [-0.1, -0.05) is 12.8 Å². The first-order chi connectivity index (χ1) is 13.5. The summed E-state index contributed by atoms with van der Waals surface area (Å²) < 4.78 is 29.5. The van der Waals surface area contributed by atoms with Gasteiger partial charge in [0.1, 0.15) is 17.5 Å². The van der Waals surface area contributed by atoms with Gasteiger partial charge >= 0.3 is 0 Å². The van der Waals surface area contributed by atoms with Gasteiger partial charge in [0, 0.05) is 38.3 Å². The number of amides is 1. The van der Waals surface area contributed by atoms with Crippen molar-refractivity contribution in [2.75, 3.05) is 18.0 Å². The molecule has 1 unspecified atom stereocenters. The third kappa shape index (κ3) is 3.50. The van der Waals surface area contributed by atoms with Crippen molar-refractivity contribution in [2.24, 2.45) is 7.05 Å². The van der Waals surface area contributed by atoms with Gasteiger partial charge in [-0.3, -0.25) is 9.48 Å². The first-order valence-electron chi connectivity index (χ1n) is 9.98. The Kier molecular flexibility index (Phi) is 5.08. The van der Waals surface area contributed by atoms with Crippen LogP contribution in [0.25, 0.3) is 0 Å². The molecule has 2 heterocycles. The van der Waals surface area contributed by atoms with E-state index >= 15 is 0 Å². The second-order valence-corrected chi connectivity index (χ2v) is 8.02. The maximum atomic E-state index is 13.8. The van der Waals surface area contributed by atoms with Crippen LogP contribution >= 0.6 is 0 Å². The molecule has 1 N–H and O–H groups in total. The van der Waals surface area contributed by atoms with Crippen LogP contribution in [-0.4, -0.2) is 34.8 Å². The molecule has 0 spiro atoms. The average molecular weight is 388 g/mol. The highest BCUT2D eigenvalue weighted by Gasteiger charge is 2.44. The Bertz CT molecular complexity index is 840. The van der Waals surface area contributed by atoms with Crippen LogP contribution in [0, 0.1) is 11.6 Å². The van der Waals surface area contributed by atoms with Gasteiger partial charge in [-0.2, -0.15) is 5.10 Å². The summed E-state index contributed by atoms with van der Waals surface area (Å²) in [7, 11) is 1.91. The quantitative estimate of drug-likeness (QED) is 0.874. The molecule has 0 radical (unpaired) electrons. The lowest BCUT2D eigenvalue weighted by atomic mass is 9.77. The SMILES string of the molecule is Cn1nccc1N1CCCC(NC(=O)C2(c3cc(F)cc(F)c3)CCCC2)C1. The fraction of sp³-hybridized carbons (Fsp3) is 0.524. The standard InChI is InChI=1S/C21H26F2N4O/c1-26-19(6-9-24-26)27-10-4-5-18(14-27)25-20(28)21(7-2-3-8-21)15-11-16(22)13-17(23)12-15/h6,9,11-13,18H,2-5,7-8,10,14H2,1H3,(H,25,28). The normalized spacial score (nSPS) is 21.7. The van der Waals surface area contributed by atoms with Gasteiger partial charge in [0.15, 0.2) is 0 Å². The highest BCUT2D eigenvalue weighted by molar-refractivity contribution is 5.89. The molecule has 0 bridgehead atoms. The van der Waals surface area contributed by atoms with Gasteiger partial charge in [-0.15, -0.1) is 0 Å². The van der Waals surface area contributed by atoms with Crippen LogP contribution in [-0.2, 0) is 17.3 Å². The second-order valence-electron chi connectivity index (χ2n) is 8.02. The van der Waals surface area contributed by atoms with Crippen LogP contribution in [0.2, 0.25) is 0 Å². The topological polar surface area (TPSA) is 50.2 Å². The number of piperidine rings is 1. The lowest BCUT2D eigenvalue weighted by Crippen LogP contribution is -2.53. The first-order valence-corrected chi connectivity index (χ1v) is 9.98. The average Bonchev–Trinajstić information content (AvgIpc) is 3.31. The molecular weight excluding hydrogens is 362 g/mol. The molecule has 1 aliphatic carbocycles. The summed E-state index contributed by atoms with van der Waals surface area (Å²) >= 11 is 0. The van der Waals surface area contributed by atoms with Crippen LogP contribution in [0.4, 0.5) is 14.6 Å². The minimum Gasteiger partial charge on any atom is -0.355 e. The number of carbonyl (C=O) groups is 1. The molecule has 2 aromatic rings. The van der Waals surface area contributed by atoms with Gasteiger partial charge in [0.05, 0.1) is 11.6 Å². The zero-order chi connectivity index (χ0) is 19.7. The number of rotatable bonds is 4. The number of aryl methyl sites for hydroxylation is 1. The van der Waals surface area contributed by atoms with Crippen LogP contribution in [0.3, 0.4) is 0 Å². The molecule has 1 amide bonds. The summed E-state index contributed by atoms with van der Waals surface area (Å²) in [5.74, 6) is -0.336. The van der Waals surface area contributed by atoms with E-state index in [9.17, 15) is 13.6 Å². The first kappa shape index (κ1) is 18.9. The third-order valence-corrected chi connectivity index (χ3v) is 6.18. The Morgan fingerprint density at radius 1 is 1.18 bits per heavy atom. The van der Waals surface area contributed by atoms with Crippen LogP contribution < -0.4 is 10.2 Å². The largest absolute Gasteiger partial charge is 0.355 e. The number of carbonyl (C=O) groups excluding carboxylic acids is 1. The minimum absolute atomic E-state index is 0.00651. The number of anilines is 1. The van der Waals surface area contributed by atoms with Crippen molar-refractivity contribution in [3.05, 3.63) is 47.7 Å². The molecule has 2 aliphatic rings. The summed E-state index contributed by atoms with van der Waals surface area (Å²) in [5, 5.41) is 7.42. The van der Waals surface area contributed by atoms with Gasteiger partial charge in [-0.25, -0.2) is 8.78 Å². The molecule has 1 aromatic heterocycles. The predicted molar refractivity (Wildman–Crippen MR) is 103 cm³/mol. The van der Waals surface area contributed by atoms with E-state index in [1.165, 1.54) is 12.1 Å². The molecule has 4 rings (SSSR count). The van der Waals surface area contributed by atoms with Gasteiger partial charge in [0.25, 0.3) is 0 Å². The number of halogens is 2. The van der Waals surface area contributed by atoms with Crippen molar-refractivity contribution in [1.29, 1.82) is 0 Å². The molecular formula is C21H26F2N4O. The second kappa shape index (κ2) is 7.53. The molecule has 1 saturated heterocycles. The van der Waals surface area contributed by atoms with Crippen LogP contribution in [0.1, 0.15) is 44.1 Å². The summed E-state index contributed by atoms with van der Waals surface area (Å²) in [6.07, 6.45) is 6.66. The third-order valence-electron chi connectivity index (χ3n) is 6.18. The van der Waals surface area contributed by atoms with Gasteiger partial charge in [0.2, 0.25) is 5.91 Å². The number of nitrogens with one attached hydrogen (secondary N) is 1. The molecule has 1 saturated carbocycles. The van der Waals surface area contributed by atoms with Crippen molar-refractivity contribution >= 4 is 11.7 Å². The van der Waals surface area contributed by atoms with Crippen molar-refractivity contribution < 1.29 is 13.6 Å². The maximum absolute atomic E-state index is 13.8. The molecule has 7 heteroatoms. The van der Waals surface area contributed by atoms with E-state index in [4.69, 9.17) is 0 Å². The summed E-state index contributed by atoms with van der Waals surface area (Å²) in [5.41, 5.74) is -0.378. The number of benzene rings is 1. The fourth-order valence-corrected chi connectivity index (χ4v) is 4.76. The number of hydrogen-bond donors (Lipinski definition) is 1. The highest BCUT2D eigenvalue weighted by Crippen LogP contribution is 2.42.